The lowest BCUT2D eigenvalue weighted by Crippen LogP contribution is -2.48. The van der Waals surface area contributed by atoms with Crippen LogP contribution in [-0.4, -0.2) is 29.1 Å². The van der Waals surface area contributed by atoms with E-state index in [-0.39, 0.29) is 5.91 Å². The van der Waals surface area contributed by atoms with Crippen molar-refractivity contribution in [1.82, 2.24) is 5.32 Å². The van der Waals surface area contributed by atoms with Crippen LogP contribution >= 0.6 is 0 Å². The van der Waals surface area contributed by atoms with Gasteiger partial charge in [0.25, 0.3) is 0 Å². The zero-order valence-corrected chi connectivity index (χ0v) is 10.7. The number of carbonyl (C=O) groups excluding carboxylic acids is 1. The molecule has 0 heterocycles. The molecule has 0 radical (unpaired) electrons. The molecule has 0 fully saturated rings. The lowest BCUT2D eigenvalue weighted by atomic mass is 10.1. The number of aliphatic carboxylic acids is 1. The topological polar surface area (TPSA) is 92.4 Å². The van der Waals surface area contributed by atoms with Crippen molar-refractivity contribution in [3.05, 3.63) is 0 Å². The van der Waals surface area contributed by atoms with E-state index in [4.69, 9.17) is 10.8 Å². The molecule has 0 spiro atoms. The van der Waals surface area contributed by atoms with E-state index in [1.807, 2.05) is 13.8 Å². The fourth-order valence-electron chi connectivity index (χ4n) is 1.58. The third kappa shape index (κ3) is 6.94. The van der Waals surface area contributed by atoms with Gasteiger partial charge in [0.15, 0.2) is 0 Å². The van der Waals surface area contributed by atoms with Gasteiger partial charge in [-0.2, -0.15) is 0 Å². The van der Waals surface area contributed by atoms with Gasteiger partial charge in [0.05, 0.1) is 6.04 Å². The summed E-state index contributed by atoms with van der Waals surface area (Å²) in [5, 5.41) is 11.5. The van der Waals surface area contributed by atoms with Gasteiger partial charge in [-0.3, -0.25) is 4.79 Å². The van der Waals surface area contributed by atoms with E-state index in [0.29, 0.717) is 12.8 Å². The van der Waals surface area contributed by atoms with Gasteiger partial charge in [-0.15, -0.1) is 0 Å². The SMILES string of the molecule is CCCCCC(NC(=O)C(N)CCC)C(=O)O. The minimum Gasteiger partial charge on any atom is -0.480 e. The highest BCUT2D eigenvalue weighted by Crippen LogP contribution is 2.04. The molecule has 0 aliphatic rings. The first-order valence-electron chi connectivity index (χ1n) is 6.31. The van der Waals surface area contributed by atoms with Crippen molar-refractivity contribution in [1.29, 1.82) is 0 Å². The molecule has 0 aliphatic carbocycles. The van der Waals surface area contributed by atoms with Crippen LogP contribution in [0.3, 0.4) is 0 Å². The lowest BCUT2D eigenvalue weighted by molar-refractivity contribution is -0.142. The smallest absolute Gasteiger partial charge is 0.326 e. The molecule has 0 aromatic rings. The largest absolute Gasteiger partial charge is 0.480 e. The zero-order chi connectivity index (χ0) is 13.3. The van der Waals surface area contributed by atoms with Crippen molar-refractivity contribution in [2.24, 2.45) is 5.73 Å². The second-order valence-electron chi connectivity index (χ2n) is 4.29. The normalized spacial score (nSPS) is 14.1. The van der Waals surface area contributed by atoms with Crippen LogP contribution in [0.2, 0.25) is 0 Å². The standard InChI is InChI=1S/C12H24N2O3/c1-3-5-6-8-10(12(16)17)14-11(15)9(13)7-4-2/h9-10H,3-8,13H2,1-2H3,(H,14,15)(H,16,17). The molecule has 0 aromatic heterocycles. The van der Waals surface area contributed by atoms with Crippen molar-refractivity contribution in [3.8, 4) is 0 Å². The third-order valence-electron chi connectivity index (χ3n) is 2.65. The number of nitrogens with two attached hydrogens (primary N) is 1. The van der Waals surface area contributed by atoms with E-state index in [0.717, 1.165) is 25.7 Å². The summed E-state index contributed by atoms with van der Waals surface area (Å²) in [4.78, 5) is 22.5. The van der Waals surface area contributed by atoms with Crippen molar-refractivity contribution >= 4 is 11.9 Å². The van der Waals surface area contributed by atoms with Gasteiger partial charge in [0.2, 0.25) is 5.91 Å². The van der Waals surface area contributed by atoms with Crippen molar-refractivity contribution in [2.75, 3.05) is 0 Å². The molecule has 17 heavy (non-hydrogen) atoms. The van der Waals surface area contributed by atoms with Gasteiger partial charge in [0.1, 0.15) is 6.04 Å². The number of nitrogens with one attached hydrogen (secondary N) is 1. The van der Waals surface area contributed by atoms with E-state index in [1.165, 1.54) is 0 Å². The molecule has 5 heteroatoms. The molecule has 0 saturated heterocycles. The van der Waals surface area contributed by atoms with E-state index in [9.17, 15) is 9.59 Å². The summed E-state index contributed by atoms with van der Waals surface area (Å²) in [5.41, 5.74) is 5.63. The van der Waals surface area contributed by atoms with Crippen LogP contribution < -0.4 is 11.1 Å². The van der Waals surface area contributed by atoms with Gasteiger partial charge < -0.3 is 16.2 Å². The molecule has 2 atom stereocenters. The average molecular weight is 244 g/mol. The summed E-state index contributed by atoms with van der Waals surface area (Å²) < 4.78 is 0. The number of unbranched alkanes of at least 4 members (excludes halogenated alkanes) is 2. The van der Waals surface area contributed by atoms with E-state index in [2.05, 4.69) is 5.32 Å². The Bertz CT molecular complexity index is 244. The molecular formula is C12H24N2O3. The highest BCUT2D eigenvalue weighted by atomic mass is 16.4. The van der Waals surface area contributed by atoms with Gasteiger partial charge in [0, 0.05) is 0 Å². The van der Waals surface area contributed by atoms with Crippen LogP contribution in [0.1, 0.15) is 52.4 Å². The number of carbonyl (C=O) groups is 2. The fourth-order valence-corrected chi connectivity index (χ4v) is 1.58. The molecule has 0 saturated carbocycles. The Labute approximate surface area is 103 Å². The Morgan fingerprint density at radius 1 is 1.18 bits per heavy atom. The first-order valence-corrected chi connectivity index (χ1v) is 6.31. The molecule has 2 unspecified atom stereocenters. The maximum atomic E-state index is 11.6. The van der Waals surface area contributed by atoms with Gasteiger partial charge >= 0.3 is 5.97 Å². The van der Waals surface area contributed by atoms with Crippen LogP contribution in [0, 0.1) is 0 Å². The Hall–Kier alpha value is -1.10. The Balaban J connectivity index is 4.15. The molecular weight excluding hydrogens is 220 g/mol. The maximum Gasteiger partial charge on any atom is 0.326 e. The van der Waals surface area contributed by atoms with Crippen molar-refractivity contribution < 1.29 is 14.7 Å². The second-order valence-corrected chi connectivity index (χ2v) is 4.29. The lowest BCUT2D eigenvalue weighted by Gasteiger charge is -2.17. The molecule has 0 bridgehead atoms. The van der Waals surface area contributed by atoms with Crippen LogP contribution in [0.15, 0.2) is 0 Å². The summed E-state index contributed by atoms with van der Waals surface area (Å²) in [6.07, 6.45) is 4.65. The predicted molar refractivity (Wildman–Crippen MR) is 66.6 cm³/mol. The van der Waals surface area contributed by atoms with Crippen molar-refractivity contribution in [3.63, 3.8) is 0 Å². The number of hydrogen-bond acceptors (Lipinski definition) is 3. The number of carboxylic acid groups (broad SMARTS) is 1. The average Bonchev–Trinajstić information content (AvgIpc) is 2.27. The molecule has 0 aliphatic heterocycles. The molecule has 0 rings (SSSR count). The van der Waals surface area contributed by atoms with Crippen LogP contribution in [-0.2, 0) is 9.59 Å². The van der Waals surface area contributed by atoms with E-state index < -0.39 is 18.1 Å². The van der Waals surface area contributed by atoms with E-state index in [1.54, 1.807) is 0 Å². The number of carboxylic acids is 1. The Morgan fingerprint density at radius 3 is 2.29 bits per heavy atom. The van der Waals surface area contributed by atoms with Gasteiger partial charge in [-0.05, 0) is 12.8 Å². The monoisotopic (exact) mass is 244 g/mol. The summed E-state index contributed by atoms with van der Waals surface area (Å²) in [5.74, 6) is -1.35. The summed E-state index contributed by atoms with van der Waals surface area (Å²) in [6.45, 7) is 3.98. The third-order valence-corrected chi connectivity index (χ3v) is 2.65. The highest BCUT2D eigenvalue weighted by molar-refractivity contribution is 5.86. The minimum absolute atomic E-state index is 0.365. The number of rotatable bonds is 9. The van der Waals surface area contributed by atoms with Crippen LogP contribution in [0.4, 0.5) is 0 Å². The van der Waals surface area contributed by atoms with Crippen LogP contribution in [0.25, 0.3) is 0 Å². The Morgan fingerprint density at radius 2 is 1.82 bits per heavy atom. The summed E-state index contributed by atoms with van der Waals surface area (Å²) >= 11 is 0. The maximum absolute atomic E-state index is 11.6. The van der Waals surface area contributed by atoms with Gasteiger partial charge in [-0.1, -0.05) is 39.5 Å². The highest BCUT2D eigenvalue weighted by Gasteiger charge is 2.22. The number of hydrogen-bond donors (Lipinski definition) is 3. The minimum atomic E-state index is -0.988. The molecule has 1 amide bonds. The molecule has 0 aromatic carbocycles. The van der Waals surface area contributed by atoms with Gasteiger partial charge in [-0.25, -0.2) is 4.79 Å². The second kappa shape index (κ2) is 8.98. The quantitative estimate of drug-likeness (QED) is 0.532. The van der Waals surface area contributed by atoms with E-state index >= 15 is 0 Å². The summed E-state index contributed by atoms with van der Waals surface area (Å²) in [7, 11) is 0. The first kappa shape index (κ1) is 15.9. The van der Waals surface area contributed by atoms with Crippen molar-refractivity contribution in [2.45, 2.75) is 64.5 Å². The number of amides is 1. The predicted octanol–water partition coefficient (Wildman–Crippen LogP) is 1.26. The van der Waals surface area contributed by atoms with Crippen LogP contribution in [0.5, 0.6) is 0 Å². The first-order chi connectivity index (χ1) is 8.02. The fraction of sp³-hybridized carbons (Fsp3) is 0.833. The molecule has 100 valence electrons. The Kier molecular flexibility index (Phi) is 8.40. The zero-order valence-electron chi connectivity index (χ0n) is 10.7. The molecule has 5 nitrogen and oxygen atoms in total. The molecule has 4 N–H and O–H groups in total. The summed E-state index contributed by atoms with van der Waals surface area (Å²) in [6, 6.07) is -1.41.